The summed E-state index contributed by atoms with van der Waals surface area (Å²) in [7, 11) is 1.78. The molecule has 24 heavy (non-hydrogen) atoms. The Bertz CT molecular complexity index is 733. The lowest BCUT2D eigenvalue weighted by Gasteiger charge is -2.12. The normalized spacial score (nSPS) is 11.5. The van der Waals surface area contributed by atoms with Crippen LogP contribution in [0, 0.1) is 13.8 Å². The van der Waals surface area contributed by atoms with Crippen LogP contribution in [0.3, 0.4) is 0 Å². The van der Waals surface area contributed by atoms with Crippen molar-refractivity contribution in [3.05, 3.63) is 56.1 Å². The van der Waals surface area contributed by atoms with E-state index in [2.05, 4.69) is 34.7 Å². The van der Waals surface area contributed by atoms with Gasteiger partial charge in [0, 0.05) is 41.7 Å². The molecule has 2 rings (SSSR count). The second kappa shape index (κ2) is 9.27. The molecular formula is C18H26N4OS. The lowest BCUT2D eigenvalue weighted by atomic mass is 10.3. The summed E-state index contributed by atoms with van der Waals surface area (Å²) in [5.41, 5.74) is 1.09. The van der Waals surface area contributed by atoms with Crippen molar-refractivity contribution in [2.24, 2.45) is 4.99 Å². The van der Waals surface area contributed by atoms with Gasteiger partial charge in [-0.25, -0.2) is 0 Å². The standard InChI is InChI=1S/C18H26N4OS/c1-14-7-6-8-17(23)22(14)12-5-4-11-20-18(19-3)21-13-16-10-9-15(2)24-16/h6-10H,4-5,11-13H2,1-3H3,(H2,19,20,21). The lowest BCUT2D eigenvalue weighted by Crippen LogP contribution is -2.37. The maximum atomic E-state index is 11.8. The molecule has 0 saturated heterocycles. The minimum atomic E-state index is 0.0756. The summed E-state index contributed by atoms with van der Waals surface area (Å²) in [6.45, 7) is 6.47. The van der Waals surface area contributed by atoms with Gasteiger partial charge >= 0.3 is 0 Å². The summed E-state index contributed by atoms with van der Waals surface area (Å²) in [5.74, 6) is 0.814. The molecule has 0 aliphatic heterocycles. The molecule has 130 valence electrons. The van der Waals surface area contributed by atoms with Crippen LogP contribution in [0.5, 0.6) is 0 Å². The zero-order chi connectivity index (χ0) is 17.4. The van der Waals surface area contributed by atoms with E-state index in [1.165, 1.54) is 9.75 Å². The molecular weight excluding hydrogens is 320 g/mol. The van der Waals surface area contributed by atoms with Gasteiger partial charge in [0.2, 0.25) is 0 Å². The van der Waals surface area contributed by atoms with Crippen molar-refractivity contribution in [1.82, 2.24) is 15.2 Å². The van der Waals surface area contributed by atoms with Crippen molar-refractivity contribution in [3.8, 4) is 0 Å². The van der Waals surface area contributed by atoms with Crippen LogP contribution in [0.2, 0.25) is 0 Å². The van der Waals surface area contributed by atoms with Crippen molar-refractivity contribution < 1.29 is 0 Å². The lowest BCUT2D eigenvalue weighted by molar-refractivity contribution is 0.575. The second-order valence-electron chi connectivity index (χ2n) is 5.73. The molecule has 2 aromatic rings. The maximum absolute atomic E-state index is 11.8. The molecule has 0 spiro atoms. The summed E-state index contributed by atoms with van der Waals surface area (Å²) >= 11 is 1.79. The SMILES string of the molecule is CN=C(NCCCCn1c(C)cccc1=O)NCc1ccc(C)s1. The minimum Gasteiger partial charge on any atom is -0.356 e. The Labute approximate surface area is 147 Å². The van der Waals surface area contributed by atoms with E-state index >= 15 is 0 Å². The molecule has 0 amide bonds. The summed E-state index contributed by atoms with van der Waals surface area (Å²) < 4.78 is 1.83. The molecule has 0 fully saturated rings. The van der Waals surface area contributed by atoms with E-state index in [-0.39, 0.29) is 5.56 Å². The predicted molar refractivity (Wildman–Crippen MR) is 102 cm³/mol. The average Bonchev–Trinajstić information content (AvgIpc) is 2.98. The van der Waals surface area contributed by atoms with E-state index in [1.807, 2.05) is 17.6 Å². The Balaban J connectivity index is 1.68. The fourth-order valence-electron chi connectivity index (χ4n) is 2.48. The largest absolute Gasteiger partial charge is 0.356 e. The Morgan fingerprint density at radius 2 is 2.00 bits per heavy atom. The number of nitrogens with zero attached hydrogens (tertiary/aromatic N) is 2. The Kier molecular flexibility index (Phi) is 7.06. The first-order chi connectivity index (χ1) is 11.6. The van der Waals surface area contributed by atoms with Crippen LogP contribution in [-0.2, 0) is 13.1 Å². The Morgan fingerprint density at radius 1 is 1.17 bits per heavy atom. The minimum absolute atomic E-state index is 0.0756. The highest BCUT2D eigenvalue weighted by molar-refractivity contribution is 7.11. The summed E-state index contributed by atoms with van der Waals surface area (Å²) in [6.07, 6.45) is 1.94. The van der Waals surface area contributed by atoms with E-state index in [0.717, 1.165) is 44.1 Å². The smallest absolute Gasteiger partial charge is 0.250 e. The molecule has 2 heterocycles. The van der Waals surface area contributed by atoms with Crippen molar-refractivity contribution in [3.63, 3.8) is 0 Å². The Hall–Kier alpha value is -2.08. The van der Waals surface area contributed by atoms with Crippen molar-refractivity contribution in [1.29, 1.82) is 0 Å². The number of pyridine rings is 1. The third kappa shape index (κ3) is 5.53. The van der Waals surface area contributed by atoms with Crippen LogP contribution in [-0.4, -0.2) is 24.1 Å². The maximum Gasteiger partial charge on any atom is 0.250 e. The number of hydrogen-bond donors (Lipinski definition) is 2. The van der Waals surface area contributed by atoms with Crippen LogP contribution in [0.4, 0.5) is 0 Å². The van der Waals surface area contributed by atoms with Gasteiger partial charge in [0.15, 0.2) is 5.96 Å². The zero-order valence-electron chi connectivity index (χ0n) is 14.6. The Morgan fingerprint density at radius 3 is 2.67 bits per heavy atom. The fraction of sp³-hybridized carbons (Fsp3) is 0.444. The quantitative estimate of drug-likeness (QED) is 0.460. The first-order valence-corrected chi connectivity index (χ1v) is 9.08. The first kappa shape index (κ1) is 18.3. The van der Waals surface area contributed by atoms with Crippen molar-refractivity contribution in [2.75, 3.05) is 13.6 Å². The molecule has 6 heteroatoms. The molecule has 0 unspecified atom stereocenters. The monoisotopic (exact) mass is 346 g/mol. The number of guanidine groups is 1. The summed E-state index contributed by atoms with van der Waals surface area (Å²) in [5, 5.41) is 6.64. The molecule has 0 radical (unpaired) electrons. The highest BCUT2D eigenvalue weighted by atomic mass is 32.1. The van der Waals surface area contributed by atoms with Crippen LogP contribution in [0.1, 0.15) is 28.3 Å². The molecule has 0 aromatic carbocycles. The van der Waals surface area contributed by atoms with E-state index in [1.54, 1.807) is 30.5 Å². The summed E-state index contributed by atoms with van der Waals surface area (Å²) in [6, 6.07) is 9.66. The fourth-order valence-corrected chi connectivity index (χ4v) is 3.31. The first-order valence-electron chi connectivity index (χ1n) is 8.26. The van der Waals surface area contributed by atoms with Crippen LogP contribution in [0.15, 0.2) is 40.1 Å². The second-order valence-corrected chi connectivity index (χ2v) is 7.10. The number of aryl methyl sites for hydroxylation is 2. The van der Waals surface area contributed by atoms with Gasteiger partial charge in [0.05, 0.1) is 6.54 Å². The third-order valence-corrected chi connectivity index (χ3v) is 4.82. The molecule has 2 aromatic heterocycles. The van der Waals surface area contributed by atoms with E-state index < -0.39 is 0 Å². The van der Waals surface area contributed by atoms with Gasteiger partial charge in [-0.15, -0.1) is 11.3 Å². The average molecular weight is 347 g/mol. The number of rotatable bonds is 7. The van der Waals surface area contributed by atoms with E-state index in [0.29, 0.717) is 0 Å². The van der Waals surface area contributed by atoms with Gasteiger partial charge in [-0.2, -0.15) is 0 Å². The van der Waals surface area contributed by atoms with Crippen LogP contribution in [0.25, 0.3) is 0 Å². The molecule has 2 N–H and O–H groups in total. The summed E-state index contributed by atoms with van der Waals surface area (Å²) in [4.78, 5) is 18.7. The van der Waals surface area contributed by atoms with E-state index in [9.17, 15) is 4.79 Å². The predicted octanol–water partition coefficient (Wildman–Crippen LogP) is 2.67. The number of unbranched alkanes of at least 4 members (excludes halogenated alkanes) is 1. The molecule has 0 bridgehead atoms. The van der Waals surface area contributed by atoms with Crippen molar-refractivity contribution >= 4 is 17.3 Å². The third-order valence-electron chi connectivity index (χ3n) is 3.82. The molecule has 0 aliphatic rings. The van der Waals surface area contributed by atoms with Crippen molar-refractivity contribution in [2.45, 2.75) is 39.8 Å². The van der Waals surface area contributed by atoms with Gasteiger partial charge < -0.3 is 15.2 Å². The number of aromatic nitrogens is 1. The zero-order valence-corrected chi connectivity index (χ0v) is 15.4. The number of thiophene rings is 1. The van der Waals surface area contributed by atoms with Gasteiger partial charge in [0.25, 0.3) is 5.56 Å². The van der Waals surface area contributed by atoms with Crippen LogP contribution < -0.4 is 16.2 Å². The number of hydrogen-bond acceptors (Lipinski definition) is 3. The molecule has 5 nitrogen and oxygen atoms in total. The highest BCUT2D eigenvalue weighted by Gasteiger charge is 2.01. The van der Waals surface area contributed by atoms with Gasteiger partial charge in [0.1, 0.15) is 0 Å². The van der Waals surface area contributed by atoms with Gasteiger partial charge in [-0.05, 0) is 44.9 Å². The molecule has 0 atom stereocenters. The topological polar surface area (TPSA) is 58.4 Å². The number of aliphatic imine (C=N–C) groups is 1. The van der Waals surface area contributed by atoms with Gasteiger partial charge in [-0.1, -0.05) is 6.07 Å². The van der Waals surface area contributed by atoms with Gasteiger partial charge in [-0.3, -0.25) is 9.79 Å². The van der Waals surface area contributed by atoms with Crippen LogP contribution >= 0.6 is 11.3 Å². The van der Waals surface area contributed by atoms with E-state index in [4.69, 9.17) is 0 Å². The highest BCUT2D eigenvalue weighted by Crippen LogP contribution is 2.14. The molecule has 0 saturated carbocycles. The number of nitrogens with one attached hydrogen (secondary N) is 2. The molecule has 0 aliphatic carbocycles.